The summed E-state index contributed by atoms with van der Waals surface area (Å²) < 4.78 is 15.8. The highest BCUT2D eigenvalue weighted by Crippen LogP contribution is 2.28. The molecule has 0 aromatic heterocycles. The molecule has 7 heteroatoms. The Hall–Kier alpha value is -2.73. The molecular weight excluding hydrogens is 382 g/mol. The third kappa shape index (κ3) is 5.89. The Morgan fingerprint density at radius 2 is 1.79 bits per heavy atom. The Morgan fingerprint density at radius 3 is 2.39 bits per heavy atom. The molecule has 0 unspecified atom stereocenters. The first-order valence-corrected chi connectivity index (χ1v) is 9.15. The van der Waals surface area contributed by atoms with Gasteiger partial charge in [-0.3, -0.25) is 9.59 Å². The lowest BCUT2D eigenvalue weighted by Gasteiger charge is -2.21. The lowest BCUT2D eigenvalue weighted by molar-refractivity contribution is -0.154. The molecule has 2 atom stereocenters. The first-order chi connectivity index (χ1) is 13.3. The second kappa shape index (κ2) is 9.99. The van der Waals surface area contributed by atoms with E-state index in [2.05, 4.69) is 5.32 Å². The second-order valence-corrected chi connectivity index (χ2v) is 6.78. The van der Waals surface area contributed by atoms with Crippen LogP contribution in [0.15, 0.2) is 42.5 Å². The van der Waals surface area contributed by atoms with E-state index in [4.69, 9.17) is 25.8 Å². The quantitative estimate of drug-likeness (QED) is 0.678. The maximum absolute atomic E-state index is 12.7. The number of hydrogen-bond acceptors (Lipinski definition) is 5. The van der Waals surface area contributed by atoms with Crippen molar-refractivity contribution in [1.82, 2.24) is 5.32 Å². The van der Waals surface area contributed by atoms with Crippen LogP contribution in [0, 0.1) is 0 Å². The van der Waals surface area contributed by atoms with Crippen molar-refractivity contribution in [2.24, 2.45) is 0 Å². The van der Waals surface area contributed by atoms with Gasteiger partial charge in [0.1, 0.15) is 0 Å². The minimum atomic E-state index is -1.07. The highest BCUT2D eigenvalue weighted by Gasteiger charge is 2.25. The average molecular weight is 406 g/mol. The van der Waals surface area contributed by atoms with E-state index in [1.165, 1.54) is 6.92 Å². The van der Waals surface area contributed by atoms with Gasteiger partial charge >= 0.3 is 5.97 Å². The molecule has 0 spiro atoms. The molecule has 1 amide bonds. The van der Waals surface area contributed by atoms with Crippen LogP contribution in [0.3, 0.4) is 0 Å². The Kier molecular flexibility index (Phi) is 7.70. The van der Waals surface area contributed by atoms with Gasteiger partial charge in [0.15, 0.2) is 11.5 Å². The van der Waals surface area contributed by atoms with Crippen LogP contribution in [0.4, 0.5) is 0 Å². The first kappa shape index (κ1) is 21.6. The minimum Gasteiger partial charge on any atom is -0.493 e. The van der Waals surface area contributed by atoms with Gasteiger partial charge in [-0.15, -0.1) is 0 Å². The molecule has 2 aromatic carbocycles. The molecule has 28 heavy (non-hydrogen) atoms. The van der Waals surface area contributed by atoms with Crippen molar-refractivity contribution in [1.29, 1.82) is 0 Å². The molecule has 1 N–H and O–H groups in total. The zero-order chi connectivity index (χ0) is 20.7. The van der Waals surface area contributed by atoms with E-state index >= 15 is 0 Å². The number of hydrogen-bond donors (Lipinski definition) is 1. The fourth-order valence-electron chi connectivity index (χ4n) is 2.84. The highest BCUT2D eigenvalue weighted by atomic mass is 35.5. The SMILES string of the molecule is COc1ccc(C[C@@H](C)NC(=O)[C@H](OC(C)=O)c2cccc(Cl)c2)cc1OC. The number of methoxy groups -OCH3 is 2. The predicted molar refractivity (Wildman–Crippen MR) is 107 cm³/mol. The van der Waals surface area contributed by atoms with Crippen LogP contribution >= 0.6 is 11.6 Å². The Bertz CT molecular complexity index is 839. The van der Waals surface area contributed by atoms with E-state index in [0.29, 0.717) is 28.5 Å². The molecule has 0 heterocycles. The van der Waals surface area contributed by atoms with E-state index in [-0.39, 0.29) is 6.04 Å². The number of halogens is 1. The molecule has 0 saturated carbocycles. The zero-order valence-electron chi connectivity index (χ0n) is 16.3. The van der Waals surface area contributed by atoms with Gasteiger partial charge in [-0.2, -0.15) is 0 Å². The Labute approximate surface area is 169 Å². The summed E-state index contributed by atoms with van der Waals surface area (Å²) >= 11 is 6.00. The number of amides is 1. The third-order valence-corrected chi connectivity index (χ3v) is 4.29. The molecule has 150 valence electrons. The summed E-state index contributed by atoms with van der Waals surface area (Å²) in [4.78, 5) is 24.2. The monoisotopic (exact) mass is 405 g/mol. The minimum absolute atomic E-state index is 0.206. The summed E-state index contributed by atoms with van der Waals surface area (Å²) in [6, 6.07) is 12.1. The van der Waals surface area contributed by atoms with Crippen LogP contribution in [-0.4, -0.2) is 32.1 Å². The number of carbonyl (C=O) groups is 2. The average Bonchev–Trinajstić information content (AvgIpc) is 2.65. The summed E-state index contributed by atoms with van der Waals surface area (Å²) in [6.07, 6.45) is -0.502. The molecule has 0 radical (unpaired) electrons. The third-order valence-electron chi connectivity index (χ3n) is 4.05. The molecule has 2 aromatic rings. The van der Waals surface area contributed by atoms with E-state index in [9.17, 15) is 9.59 Å². The fraction of sp³-hybridized carbons (Fsp3) is 0.333. The normalized spacial score (nSPS) is 12.6. The fourth-order valence-corrected chi connectivity index (χ4v) is 3.04. The van der Waals surface area contributed by atoms with Crippen molar-refractivity contribution in [3.63, 3.8) is 0 Å². The molecule has 0 aliphatic heterocycles. The van der Waals surface area contributed by atoms with Crippen LogP contribution < -0.4 is 14.8 Å². The summed E-state index contributed by atoms with van der Waals surface area (Å²) in [5.74, 6) is 0.298. The standard InChI is InChI=1S/C21H24ClNO5/c1-13(10-15-8-9-18(26-3)19(11-15)27-4)23-21(25)20(28-14(2)24)16-6-5-7-17(22)12-16/h5-9,11-13,20H,10H2,1-4H3,(H,23,25)/t13-,20-/m1/s1. The van der Waals surface area contributed by atoms with E-state index < -0.39 is 18.0 Å². The topological polar surface area (TPSA) is 73.9 Å². The van der Waals surface area contributed by atoms with Crippen molar-refractivity contribution < 1.29 is 23.8 Å². The van der Waals surface area contributed by atoms with Gasteiger partial charge in [0.05, 0.1) is 14.2 Å². The van der Waals surface area contributed by atoms with E-state index in [1.54, 1.807) is 38.5 Å². The van der Waals surface area contributed by atoms with Gasteiger partial charge < -0.3 is 19.5 Å². The summed E-state index contributed by atoms with van der Waals surface area (Å²) in [5.41, 5.74) is 1.48. The number of carbonyl (C=O) groups excluding carboxylic acids is 2. The molecule has 0 saturated heterocycles. The van der Waals surface area contributed by atoms with Gasteiger partial charge in [0.2, 0.25) is 6.10 Å². The van der Waals surface area contributed by atoms with Crippen LogP contribution in [0.5, 0.6) is 11.5 Å². The molecule has 0 fully saturated rings. The lowest BCUT2D eigenvalue weighted by Crippen LogP contribution is -2.38. The number of nitrogens with one attached hydrogen (secondary N) is 1. The molecule has 0 aliphatic carbocycles. The summed E-state index contributed by atoms with van der Waals surface area (Å²) in [7, 11) is 3.15. The smallest absolute Gasteiger partial charge is 0.303 e. The first-order valence-electron chi connectivity index (χ1n) is 8.78. The van der Waals surface area contributed by atoms with Crippen LogP contribution in [0.1, 0.15) is 31.1 Å². The van der Waals surface area contributed by atoms with E-state index in [0.717, 1.165) is 5.56 Å². The van der Waals surface area contributed by atoms with Gasteiger partial charge in [0, 0.05) is 23.6 Å². The van der Waals surface area contributed by atoms with Gasteiger partial charge in [0.25, 0.3) is 5.91 Å². The predicted octanol–water partition coefficient (Wildman–Crippen LogP) is 3.71. The zero-order valence-corrected chi connectivity index (χ0v) is 17.1. The van der Waals surface area contributed by atoms with Gasteiger partial charge in [-0.25, -0.2) is 0 Å². The van der Waals surface area contributed by atoms with Gasteiger partial charge in [-0.1, -0.05) is 29.8 Å². The van der Waals surface area contributed by atoms with Crippen LogP contribution in [0.25, 0.3) is 0 Å². The number of benzene rings is 2. The Morgan fingerprint density at radius 1 is 1.07 bits per heavy atom. The number of rotatable bonds is 8. The molecule has 2 rings (SSSR count). The molecular formula is C21H24ClNO5. The second-order valence-electron chi connectivity index (χ2n) is 6.35. The Balaban J connectivity index is 2.11. The number of ether oxygens (including phenoxy) is 3. The maximum atomic E-state index is 12.7. The largest absolute Gasteiger partial charge is 0.493 e. The van der Waals surface area contributed by atoms with Crippen molar-refractivity contribution in [2.75, 3.05) is 14.2 Å². The van der Waals surface area contributed by atoms with Crippen molar-refractivity contribution in [3.8, 4) is 11.5 Å². The van der Waals surface area contributed by atoms with Crippen molar-refractivity contribution in [2.45, 2.75) is 32.4 Å². The summed E-state index contributed by atoms with van der Waals surface area (Å²) in [5, 5.41) is 3.35. The van der Waals surface area contributed by atoms with Gasteiger partial charge in [-0.05, 0) is 43.2 Å². The van der Waals surface area contributed by atoms with Crippen LogP contribution in [0.2, 0.25) is 5.02 Å². The van der Waals surface area contributed by atoms with Crippen molar-refractivity contribution >= 4 is 23.5 Å². The lowest BCUT2D eigenvalue weighted by atomic mass is 10.0. The van der Waals surface area contributed by atoms with E-state index in [1.807, 2.05) is 25.1 Å². The number of esters is 1. The maximum Gasteiger partial charge on any atom is 0.303 e. The molecule has 0 bridgehead atoms. The van der Waals surface area contributed by atoms with Crippen LogP contribution in [-0.2, 0) is 20.7 Å². The molecule has 0 aliphatic rings. The molecule has 6 nitrogen and oxygen atoms in total. The highest BCUT2D eigenvalue weighted by molar-refractivity contribution is 6.30. The van der Waals surface area contributed by atoms with Crippen molar-refractivity contribution in [3.05, 3.63) is 58.6 Å². The summed E-state index contributed by atoms with van der Waals surface area (Å²) in [6.45, 7) is 3.13.